The third kappa shape index (κ3) is 23.2. The van der Waals surface area contributed by atoms with Gasteiger partial charge >= 0.3 is 6.16 Å². The fourth-order valence-electron chi connectivity index (χ4n) is 3.35. The van der Waals surface area contributed by atoms with E-state index in [0.29, 0.717) is 13.2 Å². The second-order valence-corrected chi connectivity index (χ2v) is 7.96. The van der Waals surface area contributed by atoms with Gasteiger partial charge in [0.25, 0.3) is 0 Å². The van der Waals surface area contributed by atoms with E-state index in [1.807, 2.05) is 0 Å². The molecule has 0 saturated carbocycles. The Hall–Kier alpha value is -0.730. The molecule has 0 aromatic heterocycles. The molecular weight excluding hydrogens is 336 g/mol. The highest BCUT2D eigenvalue weighted by atomic mass is 16.7. The fraction of sp³-hybridized carbons (Fsp3) is 0.958. The first kappa shape index (κ1) is 26.3. The van der Waals surface area contributed by atoms with E-state index in [2.05, 4.69) is 13.8 Å². The van der Waals surface area contributed by atoms with Crippen molar-refractivity contribution in [3.8, 4) is 0 Å². The van der Waals surface area contributed by atoms with Crippen LogP contribution >= 0.6 is 0 Å². The highest BCUT2D eigenvalue weighted by Crippen LogP contribution is 2.13. The van der Waals surface area contributed by atoms with Crippen LogP contribution < -0.4 is 0 Å². The third-order valence-electron chi connectivity index (χ3n) is 5.19. The Bertz CT molecular complexity index is 291. The highest BCUT2D eigenvalue weighted by Gasteiger charge is 2.03. The number of hydrogen-bond donors (Lipinski definition) is 0. The first-order valence-electron chi connectivity index (χ1n) is 12.1. The summed E-state index contributed by atoms with van der Waals surface area (Å²) in [5, 5.41) is 0. The second-order valence-electron chi connectivity index (χ2n) is 7.96. The van der Waals surface area contributed by atoms with Crippen molar-refractivity contribution in [2.75, 3.05) is 13.2 Å². The van der Waals surface area contributed by atoms with Crippen LogP contribution in [0.5, 0.6) is 0 Å². The SMILES string of the molecule is CCCCCCCCCCCCCCCCOC(=O)OCCCCCCC. The molecule has 3 heteroatoms. The zero-order valence-electron chi connectivity index (χ0n) is 18.6. The van der Waals surface area contributed by atoms with Gasteiger partial charge in [0, 0.05) is 0 Å². The van der Waals surface area contributed by atoms with Gasteiger partial charge in [-0.2, -0.15) is 0 Å². The largest absolute Gasteiger partial charge is 0.508 e. The van der Waals surface area contributed by atoms with Crippen LogP contribution in [0.2, 0.25) is 0 Å². The van der Waals surface area contributed by atoms with Crippen molar-refractivity contribution in [2.24, 2.45) is 0 Å². The van der Waals surface area contributed by atoms with Gasteiger partial charge in [0.15, 0.2) is 0 Å². The van der Waals surface area contributed by atoms with Gasteiger partial charge in [0.2, 0.25) is 0 Å². The Morgan fingerprint density at radius 3 is 1.00 bits per heavy atom. The Labute approximate surface area is 170 Å². The molecule has 0 aromatic rings. The van der Waals surface area contributed by atoms with Gasteiger partial charge in [-0.1, -0.05) is 123 Å². The van der Waals surface area contributed by atoms with E-state index in [9.17, 15) is 4.79 Å². The molecule has 0 heterocycles. The minimum atomic E-state index is -0.486. The molecule has 27 heavy (non-hydrogen) atoms. The van der Waals surface area contributed by atoms with E-state index < -0.39 is 6.16 Å². The summed E-state index contributed by atoms with van der Waals surface area (Å²) < 4.78 is 10.2. The van der Waals surface area contributed by atoms with Gasteiger partial charge in [0.1, 0.15) is 0 Å². The van der Waals surface area contributed by atoms with Gasteiger partial charge in [-0.05, 0) is 12.8 Å². The number of ether oxygens (including phenoxy) is 2. The normalized spacial score (nSPS) is 10.9. The quantitative estimate of drug-likeness (QED) is 0.147. The lowest BCUT2D eigenvalue weighted by Crippen LogP contribution is -2.09. The third-order valence-corrected chi connectivity index (χ3v) is 5.19. The molecule has 0 aliphatic carbocycles. The van der Waals surface area contributed by atoms with Crippen molar-refractivity contribution in [2.45, 2.75) is 136 Å². The molecule has 3 nitrogen and oxygen atoms in total. The van der Waals surface area contributed by atoms with Crippen LogP contribution in [-0.4, -0.2) is 19.4 Å². The monoisotopic (exact) mass is 384 g/mol. The van der Waals surface area contributed by atoms with Crippen molar-refractivity contribution < 1.29 is 14.3 Å². The molecular formula is C24H48O3. The lowest BCUT2D eigenvalue weighted by atomic mass is 10.0. The number of unbranched alkanes of at least 4 members (excludes halogenated alkanes) is 17. The molecule has 0 unspecified atom stereocenters. The molecule has 0 aliphatic heterocycles. The molecule has 162 valence electrons. The standard InChI is InChI=1S/C24H48O3/c1-3-5-7-9-10-11-12-13-14-15-16-17-19-21-23-27-24(25)26-22-20-18-8-6-4-2/h3-23H2,1-2H3. The van der Waals surface area contributed by atoms with Crippen LogP contribution in [-0.2, 0) is 9.47 Å². The smallest absolute Gasteiger partial charge is 0.434 e. The maximum atomic E-state index is 11.4. The number of rotatable bonds is 21. The molecule has 0 aromatic carbocycles. The lowest BCUT2D eigenvalue weighted by Gasteiger charge is -2.06. The second kappa shape index (κ2) is 23.3. The first-order chi connectivity index (χ1) is 13.3. The van der Waals surface area contributed by atoms with Crippen LogP contribution in [0.25, 0.3) is 0 Å². The Morgan fingerprint density at radius 1 is 0.444 bits per heavy atom. The van der Waals surface area contributed by atoms with E-state index in [-0.39, 0.29) is 0 Å². The van der Waals surface area contributed by atoms with E-state index in [1.54, 1.807) is 0 Å². The van der Waals surface area contributed by atoms with Crippen LogP contribution in [0.3, 0.4) is 0 Å². The van der Waals surface area contributed by atoms with Gasteiger partial charge < -0.3 is 9.47 Å². The zero-order valence-corrected chi connectivity index (χ0v) is 18.6. The molecule has 0 fully saturated rings. The van der Waals surface area contributed by atoms with Crippen molar-refractivity contribution in [1.29, 1.82) is 0 Å². The van der Waals surface area contributed by atoms with Crippen LogP contribution in [0, 0.1) is 0 Å². The predicted molar refractivity (Wildman–Crippen MR) is 116 cm³/mol. The summed E-state index contributed by atoms with van der Waals surface area (Å²) in [5.74, 6) is 0. The maximum Gasteiger partial charge on any atom is 0.508 e. The summed E-state index contributed by atoms with van der Waals surface area (Å²) in [4.78, 5) is 11.4. The Morgan fingerprint density at radius 2 is 0.704 bits per heavy atom. The molecule has 0 saturated heterocycles. The molecule has 0 rings (SSSR count). The molecule has 0 atom stereocenters. The molecule has 0 bridgehead atoms. The van der Waals surface area contributed by atoms with Gasteiger partial charge in [0.05, 0.1) is 13.2 Å². The minimum Gasteiger partial charge on any atom is -0.434 e. The van der Waals surface area contributed by atoms with Crippen LogP contribution in [0.4, 0.5) is 4.79 Å². The molecule has 0 radical (unpaired) electrons. The number of hydrogen-bond acceptors (Lipinski definition) is 3. The summed E-state index contributed by atoms with van der Waals surface area (Å²) in [6.45, 7) is 5.48. The average Bonchev–Trinajstić information content (AvgIpc) is 2.67. The Kier molecular flexibility index (Phi) is 22.7. The average molecular weight is 385 g/mol. The molecule has 0 N–H and O–H groups in total. The zero-order chi connectivity index (χ0) is 19.8. The first-order valence-corrected chi connectivity index (χ1v) is 12.1. The molecule has 0 aliphatic rings. The number of carbonyl (C=O) groups is 1. The van der Waals surface area contributed by atoms with Gasteiger partial charge in [-0.15, -0.1) is 0 Å². The maximum absolute atomic E-state index is 11.4. The summed E-state index contributed by atoms with van der Waals surface area (Å²) in [5.41, 5.74) is 0. The van der Waals surface area contributed by atoms with E-state index >= 15 is 0 Å². The van der Waals surface area contributed by atoms with E-state index in [0.717, 1.165) is 25.7 Å². The molecule has 0 amide bonds. The molecule has 0 spiro atoms. The summed E-state index contributed by atoms with van der Waals surface area (Å²) in [6.07, 6.45) is 24.1. The van der Waals surface area contributed by atoms with Gasteiger partial charge in [-0.25, -0.2) is 4.79 Å². The van der Waals surface area contributed by atoms with Crippen molar-refractivity contribution in [3.05, 3.63) is 0 Å². The van der Waals surface area contributed by atoms with Gasteiger partial charge in [-0.3, -0.25) is 0 Å². The fourth-order valence-corrected chi connectivity index (χ4v) is 3.35. The summed E-state index contributed by atoms with van der Waals surface area (Å²) >= 11 is 0. The van der Waals surface area contributed by atoms with Crippen LogP contribution in [0.15, 0.2) is 0 Å². The topological polar surface area (TPSA) is 35.5 Å². The van der Waals surface area contributed by atoms with Crippen LogP contribution in [0.1, 0.15) is 136 Å². The van der Waals surface area contributed by atoms with E-state index in [4.69, 9.17) is 9.47 Å². The minimum absolute atomic E-state index is 0.486. The van der Waals surface area contributed by atoms with Crippen molar-refractivity contribution >= 4 is 6.16 Å². The van der Waals surface area contributed by atoms with E-state index in [1.165, 1.54) is 96.3 Å². The summed E-state index contributed by atoms with van der Waals surface area (Å²) in [6, 6.07) is 0. The number of carbonyl (C=O) groups excluding carboxylic acids is 1. The Balaban J connectivity index is 3.10. The van der Waals surface area contributed by atoms with Crippen molar-refractivity contribution in [3.63, 3.8) is 0 Å². The van der Waals surface area contributed by atoms with Crippen molar-refractivity contribution in [1.82, 2.24) is 0 Å². The summed E-state index contributed by atoms with van der Waals surface area (Å²) in [7, 11) is 0. The lowest BCUT2D eigenvalue weighted by molar-refractivity contribution is 0.0529. The highest BCUT2D eigenvalue weighted by molar-refractivity contribution is 5.59. The predicted octanol–water partition coefficient (Wildman–Crippen LogP) is 8.59.